The smallest absolute Gasteiger partial charge is 0.342 e. The Labute approximate surface area is 213 Å². The van der Waals surface area contributed by atoms with Crippen LogP contribution in [-0.2, 0) is 4.79 Å². The minimum absolute atomic E-state index is 0.00233. The van der Waals surface area contributed by atoms with Crippen LogP contribution in [0.3, 0.4) is 0 Å². The lowest BCUT2D eigenvalue weighted by Gasteiger charge is -2.31. The van der Waals surface area contributed by atoms with E-state index in [1.807, 2.05) is 13.8 Å². The Morgan fingerprint density at radius 1 is 1.27 bits per heavy atom. The summed E-state index contributed by atoms with van der Waals surface area (Å²) < 4.78 is 49.8. The van der Waals surface area contributed by atoms with Gasteiger partial charge >= 0.3 is 5.92 Å². The van der Waals surface area contributed by atoms with Gasteiger partial charge in [-0.2, -0.15) is 13.8 Å². The van der Waals surface area contributed by atoms with Crippen molar-refractivity contribution in [3.8, 4) is 5.75 Å². The predicted molar refractivity (Wildman–Crippen MR) is 133 cm³/mol. The van der Waals surface area contributed by atoms with Crippen LogP contribution in [-0.4, -0.2) is 61.0 Å². The van der Waals surface area contributed by atoms with E-state index < -0.39 is 30.1 Å². The van der Waals surface area contributed by atoms with Gasteiger partial charge in [0.25, 0.3) is 11.8 Å². The van der Waals surface area contributed by atoms with Gasteiger partial charge in [0.15, 0.2) is 5.82 Å². The molecule has 0 atom stereocenters. The molecule has 12 heteroatoms. The summed E-state index contributed by atoms with van der Waals surface area (Å²) in [5, 5.41) is 5.54. The summed E-state index contributed by atoms with van der Waals surface area (Å²) in [4.78, 5) is 35.9. The van der Waals surface area contributed by atoms with Crippen LogP contribution in [0, 0.1) is 11.7 Å². The fourth-order valence-corrected chi connectivity index (χ4v) is 4.61. The van der Waals surface area contributed by atoms with Crippen LogP contribution in [0.2, 0.25) is 0 Å². The third kappa shape index (κ3) is 5.42. The zero-order valence-corrected chi connectivity index (χ0v) is 21.3. The molecule has 37 heavy (non-hydrogen) atoms. The van der Waals surface area contributed by atoms with Crippen LogP contribution >= 0.6 is 0 Å². The van der Waals surface area contributed by atoms with Gasteiger partial charge in [0.05, 0.1) is 31.1 Å². The number of hydrogen-bond donors (Lipinski definition) is 2. The van der Waals surface area contributed by atoms with E-state index in [1.54, 1.807) is 0 Å². The number of methoxy groups -OCH3 is 1. The van der Waals surface area contributed by atoms with Crippen molar-refractivity contribution in [2.45, 2.75) is 51.5 Å². The van der Waals surface area contributed by atoms with Crippen LogP contribution in [0.4, 0.5) is 36.3 Å². The molecule has 0 saturated heterocycles. The fraction of sp³-hybridized carbons (Fsp3) is 0.520. The number of benzene rings is 1. The van der Waals surface area contributed by atoms with E-state index in [1.165, 1.54) is 31.3 Å². The molecule has 2 amide bonds. The average Bonchev–Trinajstić information content (AvgIpc) is 3.38. The lowest BCUT2D eigenvalue weighted by Crippen LogP contribution is -2.48. The monoisotopic (exact) mass is 520 g/mol. The van der Waals surface area contributed by atoms with Crippen molar-refractivity contribution in [1.82, 2.24) is 15.3 Å². The average molecular weight is 521 g/mol. The Morgan fingerprint density at radius 3 is 2.62 bits per heavy atom. The van der Waals surface area contributed by atoms with Crippen molar-refractivity contribution in [2.24, 2.45) is 5.92 Å². The number of rotatable bonds is 7. The number of nitrogens with zero attached hydrogens (tertiary/aromatic N) is 4. The molecule has 1 saturated carbocycles. The summed E-state index contributed by atoms with van der Waals surface area (Å²) in [5.41, 5.74) is 0.131. The third-order valence-corrected chi connectivity index (χ3v) is 6.59. The van der Waals surface area contributed by atoms with Crippen molar-refractivity contribution in [3.63, 3.8) is 0 Å². The predicted octanol–water partition coefficient (Wildman–Crippen LogP) is 4.11. The van der Waals surface area contributed by atoms with E-state index >= 15 is 0 Å². The Kier molecular flexibility index (Phi) is 7.47. The Balaban J connectivity index is 1.68. The Bertz CT molecular complexity index is 1190. The molecule has 200 valence electrons. The maximum absolute atomic E-state index is 14.9. The molecule has 2 aliphatic rings. The molecule has 1 aliphatic carbocycles. The molecule has 0 bridgehead atoms. The van der Waals surface area contributed by atoms with Crippen LogP contribution in [0.25, 0.3) is 0 Å². The number of nitrogens with one attached hydrogen (secondary N) is 2. The lowest BCUT2D eigenvalue weighted by atomic mass is 10.1. The second-order valence-corrected chi connectivity index (χ2v) is 9.80. The highest BCUT2D eigenvalue weighted by Gasteiger charge is 2.48. The molecule has 1 aromatic carbocycles. The molecule has 2 N–H and O–H groups in total. The molecule has 0 spiro atoms. The molecule has 0 radical (unpaired) electrons. The number of halogens is 3. The standard InChI is InChI=1S/C25H31F3N6O3/c1-14(2)11-29-22(35)16-9-20(37-4)18(10-17(16)26)31-24-30-12-19-21(32-24)34(15-7-5-6-8-15)13-25(27,28)23(36)33(19)3/h9-10,12,14-15H,5-8,11,13H2,1-4H3,(H,29,35)(H,30,31,32). The highest BCUT2D eigenvalue weighted by Crippen LogP contribution is 2.40. The van der Waals surface area contributed by atoms with Crippen molar-refractivity contribution in [2.75, 3.05) is 42.4 Å². The van der Waals surface area contributed by atoms with Gasteiger partial charge in [-0.1, -0.05) is 26.7 Å². The molecule has 9 nitrogen and oxygen atoms in total. The SMILES string of the molecule is COc1cc(C(=O)NCC(C)C)c(F)cc1Nc1ncc2c(n1)N(C1CCCC1)CC(F)(F)C(=O)N2C. The van der Waals surface area contributed by atoms with Crippen molar-refractivity contribution in [1.29, 1.82) is 0 Å². The minimum atomic E-state index is -3.59. The van der Waals surface area contributed by atoms with Gasteiger partial charge in [0, 0.05) is 25.7 Å². The van der Waals surface area contributed by atoms with Crippen LogP contribution in [0.5, 0.6) is 5.75 Å². The first kappa shape index (κ1) is 26.5. The topological polar surface area (TPSA) is 99.7 Å². The van der Waals surface area contributed by atoms with Gasteiger partial charge in [-0.25, -0.2) is 9.37 Å². The van der Waals surface area contributed by atoms with Crippen molar-refractivity contribution >= 4 is 35.0 Å². The van der Waals surface area contributed by atoms with Gasteiger partial charge in [-0.15, -0.1) is 0 Å². The molecule has 1 aromatic heterocycles. The van der Waals surface area contributed by atoms with Crippen molar-refractivity contribution in [3.05, 3.63) is 29.7 Å². The number of alkyl halides is 2. The van der Waals surface area contributed by atoms with Gasteiger partial charge < -0.3 is 25.2 Å². The number of fused-ring (bicyclic) bond motifs is 1. The number of amides is 2. The largest absolute Gasteiger partial charge is 0.495 e. The highest BCUT2D eigenvalue weighted by atomic mass is 19.3. The zero-order valence-electron chi connectivity index (χ0n) is 21.3. The van der Waals surface area contributed by atoms with E-state index in [4.69, 9.17) is 4.74 Å². The van der Waals surface area contributed by atoms with E-state index in [0.717, 1.165) is 23.8 Å². The molecule has 1 aliphatic heterocycles. The number of carbonyl (C=O) groups is 2. The third-order valence-electron chi connectivity index (χ3n) is 6.59. The molecule has 1 fully saturated rings. The first-order valence-electron chi connectivity index (χ1n) is 12.2. The molecule has 4 rings (SSSR count). The van der Waals surface area contributed by atoms with Crippen LogP contribution in [0.1, 0.15) is 49.9 Å². The maximum Gasteiger partial charge on any atom is 0.342 e. The molecule has 0 unspecified atom stereocenters. The fourth-order valence-electron chi connectivity index (χ4n) is 4.61. The Morgan fingerprint density at radius 2 is 1.97 bits per heavy atom. The number of hydrogen-bond acceptors (Lipinski definition) is 7. The zero-order chi connectivity index (χ0) is 26.9. The Hall–Kier alpha value is -3.57. The summed E-state index contributed by atoms with van der Waals surface area (Å²) in [6.07, 6.45) is 4.51. The van der Waals surface area contributed by atoms with Crippen LogP contribution < -0.4 is 25.2 Å². The molecule has 2 heterocycles. The second kappa shape index (κ2) is 10.4. The minimum Gasteiger partial charge on any atom is -0.495 e. The number of aromatic nitrogens is 2. The van der Waals surface area contributed by atoms with E-state index in [0.29, 0.717) is 19.4 Å². The van der Waals surface area contributed by atoms with Gasteiger partial charge in [-0.05, 0) is 24.8 Å². The summed E-state index contributed by atoms with van der Waals surface area (Å²) >= 11 is 0. The molecular weight excluding hydrogens is 489 g/mol. The van der Waals surface area contributed by atoms with Crippen LogP contribution in [0.15, 0.2) is 18.3 Å². The maximum atomic E-state index is 14.9. The number of anilines is 4. The van der Waals surface area contributed by atoms with Crippen molar-refractivity contribution < 1.29 is 27.5 Å². The molecule has 2 aromatic rings. The first-order valence-corrected chi connectivity index (χ1v) is 12.2. The normalized spacial score (nSPS) is 17.6. The highest BCUT2D eigenvalue weighted by molar-refractivity contribution is 6.02. The summed E-state index contributed by atoms with van der Waals surface area (Å²) in [6.45, 7) is 3.44. The summed E-state index contributed by atoms with van der Waals surface area (Å²) in [5.74, 6) is -5.71. The van der Waals surface area contributed by atoms with E-state index in [-0.39, 0.29) is 46.4 Å². The van der Waals surface area contributed by atoms with E-state index in [9.17, 15) is 22.8 Å². The first-order chi connectivity index (χ1) is 17.5. The second-order valence-electron chi connectivity index (χ2n) is 9.80. The number of ether oxygens (including phenoxy) is 1. The van der Waals surface area contributed by atoms with Gasteiger partial charge in [-0.3, -0.25) is 9.59 Å². The van der Waals surface area contributed by atoms with E-state index in [2.05, 4.69) is 20.6 Å². The number of carbonyl (C=O) groups excluding carboxylic acids is 2. The summed E-state index contributed by atoms with van der Waals surface area (Å²) in [6, 6.07) is 2.17. The summed E-state index contributed by atoms with van der Waals surface area (Å²) in [7, 11) is 2.64. The van der Waals surface area contributed by atoms with Gasteiger partial charge in [0.1, 0.15) is 17.3 Å². The quantitative estimate of drug-likeness (QED) is 0.567. The lowest BCUT2D eigenvalue weighted by molar-refractivity contribution is -0.140. The van der Waals surface area contributed by atoms with Gasteiger partial charge in [0.2, 0.25) is 5.95 Å². The molecular formula is C25H31F3N6O3.